The molecule has 0 radical (unpaired) electrons. The first-order valence-corrected chi connectivity index (χ1v) is 5.32. The molecule has 0 heterocycles. The Morgan fingerprint density at radius 2 is 2.00 bits per heavy atom. The minimum atomic E-state index is -0.407. The maximum absolute atomic E-state index is 13.2. The number of hydrogen-bond acceptors (Lipinski definition) is 2. The highest BCUT2D eigenvalue weighted by Crippen LogP contribution is 2.09. The van der Waals surface area contributed by atoms with Gasteiger partial charge in [-0.3, -0.25) is 0 Å². The van der Waals surface area contributed by atoms with Gasteiger partial charge in [-0.1, -0.05) is 0 Å². The molecule has 2 nitrogen and oxygen atoms in total. The van der Waals surface area contributed by atoms with Crippen LogP contribution >= 0.6 is 0 Å². The number of nitrogens with one attached hydrogen (secondary N) is 1. The van der Waals surface area contributed by atoms with Gasteiger partial charge in [0.05, 0.1) is 0 Å². The van der Waals surface area contributed by atoms with Crippen molar-refractivity contribution in [3.05, 3.63) is 35.4 Å². The first kappa shape index (κ1) is 13.1. The molecular weight excluding hydrogens is 210 g/mol. The number of nitrogens with two attached hydrogens (primary N) is 1. The lowest BCUT2D eigenvalue weighted by Crippen LogP contribution is -2.43. The average molecular weight is 228 g/mol. The van der Waals surface area contributed by atoms with Crippen LogP contribution in [0.4, 0.5) is 8.78 Å². The molecule has 0 fully saturated rings. The van der Waals surface area contributed by atoms with Crippen molar-refractivity contribution in [1.82, 2.24) is 5.32 Å². The zero-order valence-electron chi connectivity index (χ0n) is 9.69. The first-order valence-electron chi connectivity index (χ1n) is 5.32. The van der Waals surface area contributed by atoms with Gasteiger partial charge in [-0.05, 0) is 50.6 Å². The molecule has 0 saturated heterocycles. The van der Waals surface area contributed by atoms with Crippen molar-refractivity contribution in [3.8, 4) is 0 Å². The molecular formula is C12H18F2N2. The fraction of sp³-hybridized carbons (Fsp3) is 0.500. The molecule has 0 bridgehead atoms. The second kappa shape index (κ2) is 5.37. The van der Waals surface area contributed by atoms with Crippen molar-refractivity contribution >= 4 is 0 Å². The Hall–Kier alpha value is -1.00. The Morgan fingerprint density at radius 3 is 2.62 bits per heavy atom. The highest BCUT2D eigenvalue weighted by atomic mass is 19.1. The SMILES string of the molecule is CC(C)(N)CNCCc1cc(F)ccc1F. The van der Waals surface area contributed by atoms with Crippen molar-refractivity contribution in [2.75, 3.05) is 13.1 Å². The quantitative estimate of drug-likeness (QED) is 0.755. The van der Waals surface area contributed by atoms with E-state index in [1.165, 1.54) is 6.07 Å². The molecule has 3 N–H and O–H groups in total. The molecule has 4 heteroatoms. The van der Waals surface area contributed by atoms with E-state index in [1.807, 2.05) is 13.8 Å². The second-order valence-corrected chi connectivity index (χ2v) is 4.65. The smallest absolute Gasteiger partial charge is 0.126 e. The lowest BCUT2D eigenvalue weighted by atomic mass is 10.1. The fourth-order valence-corrected chi connectivity index (χ4v) is 1.37. The molecule has 0 aliphatic heterocycles. The van der Waals surface area contributed by atoms with Crippen LogP contribution in [0.1, 0.15) is 19.4 Å². The molecule has 0 saturated carbocycles. The lowest BCUT2D eigenvalue weighted by molar-refractivity contribution is 0.467. The van der Waals surface area contributed by atoms with E-state index in [4.69, 9.17) is 5.73 Å². The molecule has 0 aliphatic rings. The molecule has 0 spiro atoms. The Bertz CT molecular complexity index is 345. The van der Waals surface area contributed by atoms with Crippen LogP contribution in [-0.2, 0) is 6.42 Å². The summed E-state index contributed by atoms with van der Waals surface area (Å²) in [6.07, 6.45) is 0.458. The number of halogens is 2. The summed E-state index contributed by atoms with van der Waals surface area (Å²) in [7, 11) is 0. The summed E-state index contributed by atoms with van der Waals surface area (Å²) >= 11 is 0. The van der Waals surface area contributed by atoms with E-state index < -0.39 is 5.82 Å². The highest BCUT2D eigenvalue weighted by Gasteiger charge is 2.09. The average Bonchev–Trinajstić information content (AvgIpc) is 2.16. The van der Waals surface area contributed by atoms with Gasteiger partial charge in [-0.2, -0.15) is 0 Å². The van der Waals surface area contributed by atoms with E-state index in [-0.39, 0.29) is 11.4 Å². The highest BCUT2D eigenvalue weighted by molar-refractivity contribution is 5.18. The Balaban J connectivity index is 2.40. The molecule has 0 amide bonds. The van der Waals surface area contributed by atoms with Crippen LogP contribution in [0.5, 0.6) is 0 Å². The Kier molecular flexibility index (Phi) is 4.38. The maximum Gasteiger partial charge on any atom is 0.126 e. The van der Waals surface area contributed by atoms with Crippen LogP contribution in [0.3, 0.4) is 0 Å². The van der Waals surface area contributed by atoms with E-state index in [9.17, 15) is 8.78 Å². The standard InChI is InChI=1S/C12H18F2N2/c1-12(2,15)8-16-6-5-9-7-10(13)3-4-11(9)14/h3-4,7,16H,5-6,8,15H2,1-2H3. The summed E-state index contributed by atoms with van der Waals surface area (Å²) in [5, 5.41) is 3.11. The predicted molar refractivity (Wildman–Crippen MR) is 61.2 cm³/mol. The second-order valence-electron chi connectivity index (χ2n) is 4.65. The molecule has 16 heavy (non-hydrogen) atoms. The predicted octanol–water partition coefficient (Wildman–Crippen LogP) is 1.83. The third-order valence-electron chi connectivity index (χ3n) is 2.16. The summed E-state index contributed by atoms with van der Waals surface area (Å²) in [4.78, 5) is 0. The summed E-state index contributed by atoms with van der Waals surface area (Å²) in [5.41, 5.74) is 5.87. The van der Waals surface area contributed by atoms with Gasteiger partial charge in [0.25, 0.3) is 0 Å². The molecule has 1 rings (SSSR count). The van der Waals surface area contributed by atoms with Gasteiger partial charge in [0.15, 0.2) is 0 Å². The van der Waals surface area contributed by atoms with Gasteiger partial charge in [0.2, 0.25) is 0 Å². The van der Waals surface area contributed by atoms with Gasteiger partial charge in [0, 0.05) is 12.1 Å². The monoisotopic (exact) mass is 228 g/mol. The fourth-order valence-electron chi connectivity index (χ4n) is 1.37. The van der Waals surface area contributed by atoms with E-state index in [0.29, 0.717) is 25.1 Å². The summed E-state index contributed by atoms with van der Waals surface area (Å²) in [6.45, 7) is 5.04. The van der Waals surface area contributed by atoms with Crippen LogP contribution in [-0.4, -0.2) is 18.6 Å². The molecule has 1 aromatic rings. The largest absolute Gasteiger partial charge is 0.324 e. The number of hydrogen-bond donors (Lipinski definition) is 2. The summed E-state index contributed by atoms with van der Waals surface area (Å²) < 4.78 is 26.1. The minimum absolute atomic E-state index is 0.291. The topological polar surface area (TPSA) is 38.0 Å². The van der Waals surface area contributed by atoms with Crippen molar-refractivity contribution in [2.45, 2.75) is 25.8 Å². The Morgan fingerprint density at radius 1 is 1.31 bits per heavy atom. The molecule has 0 unspecified atom stereocenters. The lowest BCUT2D eigenvalue weighted by Gasteiger charge is -2.18. The molecule has 90 valence electrons. The van der Waals surface area contributed by atoms with Gasteiger partial charge in [0.1, 0.15) is 11.6 Å². The normalized spacial score (nSPS) is 11.8. The summed E-state index contributed by atoms with van der Waals surface area (Å²) in [6, 6.07) is 3.50. The molecule has 0 atom stereocenters. The van der Waals surface area contributed by atoms with Crippen molar-refractivity contribution in [2.24, 2.45) is 5.73 Å². The van der Waals surface area contributed by atoms with E-state index in [2.05, 4.69) is 5.32 Å². The summed E-state index contributed by atoms with van der Waals surface area (Å²) in [5.74, 6) is -0.772. The third kappa shape index (κ3) is 4.68. The van der Waals surface area contributed by atoms with Crippen LogP contribution < -0.4 is 11.1 Å². The van der Waals surface area contributed by atoms with Crippen molar-refractivity contribution < 1.29 is 8.78 Å². The maximum atomic E-state index is 13.2. The third-order valence-corrected chi connectivity index (χ3v) is 2.16. The minimum Gasteiger partial charge on any atom is -0.324 e. The van der Waals surface area contributed by atoms with E-state index in [0.717, 1.165) is 12.1 Å². The van der Waals surface area contributed by atoms with E-state index in [1.54, 1.807) is 0 Å². The van der Waals surface area contributed by atoms with Gasteiger partial charge >= 0.3 is 0 Å². The zero-order valence-corrected chi connectivity index (χ0v) is 9.69. The Labute approximate surface area is 94.8 Å². The van der Waals surface area contributed by atoms with Crippen molar-refractivity contribution in [3.63, 3.8) is 0 Å². The van der Waals surface area contributed by atoms with Gasteiger partial charge < -0.3 is 11.1 Å². The molecule has 0 aliphatic carbocycles. The first-order chi connectivity index (χ1) is 7.38. The molecule has 0 aromatic heterocycles. The number of benzene rings is 1. The van der Waals surface area contributed by atoms with Gasteiger partial charge in [-0.25, -0.2) is 8.78 Å². The van der Waals surface area contributed by atoms with Crippen molar-refractivity contribution in [1.29, 1.82) is 0 Å². The van der Waals surface area contributed by atoms with Crippen LogP contribution in [0, 0.1) is 11.6 Å². The van der Waals surface area contributed by atoms with Crippen LogP contribution in [0.25, 0.3) is 0 Å². The molecule has 1 aromatic carbocycles. The number of rotatable bonds is 5. The zero-order chi connectivity index (χ0) is 12.2. The van der Waals surface area contributed by atoms with Crippen LogP contribution in [0.2, 0.25) is 0 Å². The van der Waals surface area contributed by atoms with Crippen LogP contribution in [0.15, 0.2) is 18.2 Å². The van der Waals surface area contributed by atoms with E-state index >= 15 is 0 Å². The van der Waals surface area contributed by atoms with Gasteiger partial charge in [-0.15, -0.1) is 0 Å².